The zero-order chi connectivity index (χ0) is 10.3. The van der Waals surface area contributed by atoms with Crippen molar-refractivity contribution in [2.75, 3.05) is 13.1 Å². The fraction of sp³-hybridized carbons (Fsp3) is 0.750. The second-order valence-electron chi connectivity index (χ2n) is 2.98. The topological polar surface area (TPSA) is 86.6 Å². The van der Waals surface area contributed by atoms with E-state index in [1.165, 1.54) is 0 Å². The minimum Gasteiger partial charge on any atom is -0.481 e. The molecule has 0 radical (unpaired) electrons. The molecule has 0 bridgehead atoms. The minimum atomic E-state index is -0.833. The second kappa shape index (κ2) is 6.42. The van der Waals surface area contributed by atoms with Crippen LogP contribution >= 0.6 is 0 Å². The van der Waals surface area contributed by atoms with E-state index in [2.05, 4.69) is 5.32 Å². The van der Waals surface area contributed by atoms with Crippen LogP contribution in [0.3, 0.4) is 0 Å². The van der Waals surface area contributed by atoms with Crippen LogP contribution in [0.25, 0.3) is 0 Å². The summed E-state index contributed by atoms with van der Waals surface area (Å²) in [6.07, 6.45) is 1.35. The van der Waals surface area contributed by atoms with E-state index in [1.807, 2.05) is 0 Å². The van der Waals surface area contributed by atoms with Gasteiger partial charge in [-0.3, -0.25) is 9.59 Å². The van der Waals surface area contributed by atoms with Crippen LogP contribution in [0.15, 0.2) is 0 Å². The van der Waals surface area contributed by atoms with Gasteiger partial charge in [0.2, 0.25) is 0 Å². The second-order valence-corrected chi connectivity index (χ2v) is 2.98. The molecule has 1 saturated heterocycles. The summed E-state index contributed by atoms with van der Waals surface area (Å²) < 4.78 is 0. The highest BCUT2D eigenvalue weighted by atomic mass is 16.4. The van der Waals surface area contributed by atoms with Gasteiger partial charge in [0.1, 0.15) is 0 Å². The largest absolute Gasteiger partial charge is 0.481 e. The molecule has 1 rings (SSSR count). The van der Waals surface area contributed by atoms with E-state index in [4.69, 9.17) is 15.0 Å². The molecule has 1 atom stereocenters. The highest BCUT2D eigenvalue weighted by Gasteiger charge is 2.16. The maximum Gasteiger partial charge on any atom is 0.303 e. The maximum absolute atomic E-state index is 10.1. The molecule has 0 aromatic rings. The third-order valence-electron chi connectivity index (χ3n) is 1.63. The van der Waals surface area contributed by atoms with Crippen LogP contribution < -0.4 is 5.32 Å². The molecular weight excluding hydrogens is 174 g/mol. The van der Waals surface area contributed by atoms with E-state index in [9.17, 15) is 4.79 Å². The molecule has 1 fully saturated rings. The fourth-order valence-electron chi connectivity index (χ4n) is 1.14. The minimum absolute atomic E-state index is 0.326. The summed E-state index contributed by atoms with van der Waals surface area (Å²) in [4.78, 5) is 19.1. The Morgan fingerprint density at radius 1 is 1.46 bits per heavy atom. The Hall–Kier alpha value is -1.10. The highest BCUT2D eigenvalue weighted by Crippen LogP contribution is 2.10. The van der Waals surface area contributed by atoms with E-state index < -0.39 is 11.9 Å². The SMILES string of the molecule is CC(=O)O.O=C(O)CC1CCNC1. The molecule has 1 unspecified atom stereocenters. The number of carboxylic acid groups (broad SMARTS) is 2. The number of hydrogen-bond donors (Lipinski definition) is 3. The van der Waals surface area contributed by atoms with Crippen molar-refractivity contribution in [2.45, 2.75) is 19.8 Å². The van der Waals surface area contributed by atoms with Crippen LogP contribution in [0.5, 0.6) is 0 Å². The van der Waals surface area contributed by atoms with Crippen molar-refractivity contribution in [1.29, 1.82) is 0 Å². The van der Waals surface area contributed by atoms with E-state index in [1.54, 1.807) is 0 Å². The van der Waals surface area contributed by atoms with E-state index in [0.717, 1.165) is 26.4 Å². The normalized spacial score (nSPS) is 20.2. The smallest absolute Gasteiger partial charge is 0.303 e. The van der Waals surface area contributed by atoms with E-state index in [0.29, 0.717) is 12.3 Å². The lowest BCUT2D eigenvalue weighted by Gasteiger charge is -2.00. The summed E-state index contributed by atoms with van der Waals surface area (Å²) in [5.74, 6) is -1.13. The Morgan fingerprint density at radius 3 is 2.31 bits per heavy atom. The molecule has 5 heteroatoms. The summed E-state index contributed by atoms with van der Waals surface area (Å²) in [6, 6.07) is 0. The van der Waals surface area contributed by atoms with Gasteiger partial charge in [0.15, 0.2) is 0 Å². The van der Waals surface area contributed by atoms with Gasteiger partial charge in [-0.25, -0.2) is 0 Å². The average molecular weight is 189 g/mol. The lowest BCUT2D eigenvalue weighted by molar-refractivity contribution is -0.138. The Morgan fingerprint density at radius 2 is 2.00 bits per heavy atom. The molecule has 1 heterocycles. The van der Waals surface area contributed by atoms with Gasteiger partial charge in [-0.1, -0.05) is 0 Å². The molecule has 0 spiro atoms. The van der Waals surface area contributed by atoms with Gasteiger partial charge in [-0.2, -0.15) is 0 Å². The van der Waals surface area contributed by atoms with Gasteiger partial charge in [0, 0.05) is 13.3 Å². The summed E-state index contributed by atoms with van der Waals surface area (Å²) in [6.45, 7) is 2.95. The predicted molar refractivity (Wildman–Crippen MR) is 46.5 cm³/mol. The first-order valence-corrected chi connectivity index (χ1v) is 4.14. The Kier molecular flexibility index (Phi) is 5.88. The van der Waals surface area contributed by atoms with Crippen molar-refractivity contribution in [2.24, 2.45) is 5.92 Å². The molecule has 1 aliphatic heterocycles. The number of carbonyl (C=O) groups is 2. The molecule has 0 aromatic carbocycles. The van der Waals surface area contributed by atoms with Crippen molar-refractivity contribution >= 4 is 11.9 Å². The first-order chi connectivity index (χ1) is 6.02. The number of hydrogen-bond acceptors (Lipinski definition) is 3. The van der Waals surface area contributed by atoms with Crippen LogP contribution in [0.1, 0.15) is 19.8 Å². The standard InChI is InChI=1S/C6H11NO2.C2H4O2/c8-6(9)3-5-1-2-7-4-5;1-2(3)4/h5,7H,1-4H2,(H,8,9);1H3,(H,3,4). The van der Waals surface area contributed by atoms with Crippen LogP contribution in [0.2, 0.25) is 0 Å². The maximum atomic E-state index is 10.1. The van der Waals surface area contributed by atoms with Crippen LogP contribution in [0.4, 0.5) is 0 Å². The number of nitrogens with one attached hydrogen (secondary N) is 1. The molecule has 0 amide bonds. The first-order valence-electron chi connectivity index (χ1n) is 4.14. The molecule has 3 N–H and O–H groups in total. The average Bonchev–Trinajstić information content (AvgIpc) is 2.36. The zero-order valence-electron chi connectivity index (χ0n) is 7.62. The highest BCUT2D eigenvalue weighted by molar-refractivity contribution is 5.67. The number of rotatable bonds is 2. The third-order valence-corrected chi connectivity index (χ3v) is 1.63. The Balaban J connectivity index is 0.000000310. The summed E-state index contributed by atoms with van der Waals surface area (Å²) >= 11 is 0. The predicted octanol–water partition coefficient (Wildman–Crippen LogP) is 0.161. The molecule has 1 aliphatic rings. The third kappa shape index (κ3) is 8.81. The number of carboxylic acids is 2. The molecule has 0 aliphatic carbocycles. The molecule has 0 saturated carbocycles. The number of aliphatic carboxylic acids is 2. The van der Waals surface area contributed by atoms with Gasteiger partial charge in [0.25, 0.3) is 5.97 Å². The molecule has 0 aromatic heterocycles. The Labute approximate surface area is 76.8 Å². The molecule has 13 heavy (non-hydrogen) atoms. The van der Waals surface area contributed by atoms with Gasteiger partial charge in [0.05, 0.1) is 0 Å². The lowest BCUT2D eigenvalue weighted by Crippen LogP contribution is -2.11. The van der Waals surface area contributed by atoms with Crippen molar-refractivity contribution in [3.8, 4) is 0 Å². The summed E-state index contributed by atoms with van der Waals surface area (Å²) in [7, 11) is 0. The molecule has 5 nitrogen and oxygen atoms in total. The van der Waals surface area contributed by atoms with Crippen LogP contribution in [-0.4, -0.2) is 35.2 Å². The molecule has 76 valence electrons. The van der Waals surface area contributed by atoms with Crippen molar-refractivity contribution < 1.29 is 19.8 Å². The summed E-state index contributed by atoms with van der Waals surface area (Å²) in [5, 5.41) is 18.9. The lowest BCUT2D eigenvalue weighted by atomic mass is 10.1. The van der Waals surface area contributed by atoms with Gasteiger partial charge in [-0.05, 0) is 25.4 Å². The van der Waals surface area contributed by atoms with Crippen molar-refractivity contribution in [1.82, 2.24) is 5.32 Å². The van der Waals surface area contributed by atoms with Gasteiger partial charge in [-0.15, -0.1) is 0 Å². The van der Waals surface area contributed by atoms with Crippen LogP contribution in [0, 0.1) is 5.92 Å². The van der Waals surface area contributed by atoms with Crippen molar-refractivity contribution in [3.63, 3.8) is 0 Å². The summed E-state index contributed by atoms with van der Waals surface area (Å²) in [5.41, 5.74) is 0. The fourth-order valence-corrected chi connectivity index (χ4v) is 1.14. The van der Waals surface area contributed by atoms with Crippen molar-refractivity contribution in [3.05, 3.63) is 0 Å². The quantitative estimate of drug-likeness (QED) is 0.576. The monoisotopic (exact) mass is 189 g/mol. The zero-order valence-corrected chi connectivity index (χ0v) is 7.62. The Bertz CT molecular complexity index is 171. The van der Waals surface area contributed by atoms with Gasteiger partial charge < -0.3 is 15.5 Å². The molecular formula is C8H15NO4. The van der Waals surface area contributed by atoms with E-state index >= 15 is 0 Å². The van der Waals surface area contributed by atoms with E-state index in [-0.39, 0.29) is 0 Å². The van der Waals surface area contributed by atoms with Gasteiger partial charge >= 0.3 is 5.97 Å². The van der Waals surface area contributed by atoms with Crippen LogP contribution in [-0.2, 0) is 9.59 Å². The first kappa shape index (κ1) is 11.9.